The summed E-state index contributed by atoms with van der Waals surface area (Å²) in [4.78, 5) is 13.4. The minimum Gasteiger partial charge on any atom is -0.482 e. The molecule has 0 unspecified atom stereocenters. The van der Waals surface area contributed by atoms with Crippen molar-refractivity contribution < 1.29 is 9.53 Å². The summed E-state index contributed by atoms with van der Waals surface area (Å²) < 4.78 is 5.39. The minimum absolute atomic E-state index is 0.0246. The average Bonchev–Trinajstić information content (AvgIpc) is 2.29. The van der Waals surface area contributed by atoms with E-state index in [1.54, 1.807) is 4.90 Å². The lowest BCUT2D eigenvalue weighted by molar-refractivity contribution is -0.121. The third kappa shape index (κ3) is 1.88. The summed E-state index contributed by atoms with van der Waals surface area (Å²) in [5, 5.41) is 3.09. The number of nitrogens with zero attached hydrogens (tertiary/aromatic N) is 1. The molecule has 0 aliphatic carbocycles. The fraction of sp³-hybridized carbons (Fsp3) is 0.417. The Labute approximate surface area is 95.2 Å². The largest absolute Gasteiger partial charge is 0.482 e. The van der Waals surface area contributed by atoms with Crippen LogP contribution < -0.4 is 15.0 Å². The number of likely N-dealkylation sites (N-methyl/N-ethyl adjacent to an activating group) is 1. The summed E-state index contributed by atoms with van der Waals surface area (Å²) in [6.07, 6.45) is 0. The average molecular weight is 220 g/mol. The van der Waals surface area contributed by atoms with E-state index in [1.807, 2.05) is 32.2 Å². The molecule has 0 bridgehead atoms. The van der Waals surface area contributed by atoms with Gasteiger partial charge < -0.3 is 15.0 Å². The first-order chi connectivity index (χ1) is 7.76. The molecule has 1 aliphatic rings. The van der Waals surface area contributed by atoms with E-state index >= 15 is 0 Å². The lowest BCUT2D eigenvalue weighted by atomic mass is 10.1. The quantitative estimate of drug-likeness (QED) is 0.831. The molecule has 1 heterocycles. The van der Waals surface area contributed by atoms with E-state index < -0.39 is 0 Å². The van der Waals surface area contributed by atoms with Crippen LogP contribution >= 0.6 is 0 Å². The molecule has 0 saturated heterocycles. The van der Waals surface area contributed by atoms with Crippen molar-refractivity contribution in [2.75, 3.05) is 25.1 Å². The third-order valence-corrected chi connectivity index (χ3v) is 2.66. The zero-order valence-corrected chi connectivity index (χ0v) is 9.62. The lowest BCUT2D eigenvalue weighted by Gasteiger charge is -2.28. The van der Waals surface area contributed by atoms with Gasteiger partial charge in [0.25, 0.3) is 5.91 Å². The standard InChI is InChI=1S/C12H16N2O2/c1-3-14-10-6-9(7-13-2)4-5-11(10)16-8-12(14)15/h4-6,13H,3,7-8H2,1-2H3. The van der Waals surface area contributed by atoms with Crippen LogP contribution in [0.4, 0.5) is 5.69 Å². The molecule has 1 aliphatic heterocycles. The molecule has 0 atom stereocenters. The predicted molar refractivity (Wildman–Crippen MR) is 62.7 cm³/mol. The predicted octanol–water partition coefficient (Wildman–Crippen LogP) is 1.15. The molecule has 2 rings (SSSR count). The smallest absolute Gasteiger partial charge is 0.265 e. The van der Waals surface area contributed by atoms with Gasteiger partial charge in [-0.25, -0.2) is 0 Å². The van der Waals surface area contributed by atoms with Crippen molar-refractivity contribution in [1.82, 2.24) is 5.32 Å². The van der Waals surface area contributed by atoms with Crippen molar-refractivity contribution in [3.05, 3.63) is 23.8 Å². The van der Waals surface area contributed by atoms with Crippen LogP contribution in [0.5, 0.6) is 5.75 Å². The Balaban J connectivity index is 2.37. The lowest BCUT2D eigenvalue weighted by Crippen LogP contribution is -2.38. The van der Waals surface area contributed by atoms with Crippen LogP contribution in [0.3, 0.4) is 0 Å². The highest BCUT2D eigenvalue weighted by molar-refractivity contribution is 5.97. The second kappa shape index (κ2) is 4.53. The molecule has 0 aromatic heterocycles. The SMILES string of the molecule is CCN1C(=O)COc2ccc(CNC)cc21. The zero-order valence-electron chi connectivity index (χ0n) is 9.62. The van der Waals surface area contributed by atoms with E-state index in [9.17, 15) is 4.79 Å². The van der Waals surface area contributed by atoms with Crippen LogP contribution in [0.2, 0.25) is 0 Å². The maximum atomic E-state index is 11.6. The number of carbonyl (C=O) groups excluding carboxylic acids is 1. The first kappa shape index (κ1) is 11.0. The van der Waals surface area contributed by atoms with E-state index in [0.717, 1.165) is 23.5 Å². The number of carbonyl (C=O) groups is 1. The highest BCUT2D eigenvalue weighted by Gasteiger charge is 2.23. The van der Waals surface area contributed by atoms with Crippen molar-refractivity contribution in [3.8, 4) is 5.75 Å². The van der Waals surface area contributed by atoms with Gasteiger partial charge in [0.2, 0.25) is 0 Å². The van der Waals surface area contributed by atoms with Crippen LogP contribution in [0.1, 0.15) is 12.5 Å². The monoisotopic (exact) mass is 220 g/mol. The first-order valence-electron chi connectivity index (χ1n) is 5.47. The molecule has 0 fully saturated rings. The molecule has 0 radical (unpaired) electrons. The highest BCUT2D eigenvalue weighted by Crippen LogP contribution is 2.32. The number of benzene rings is 1. The van der Waals surface area contributed by atoms with Gasteiger partial charge in [0.15, 0.2) is 6.61 Å². The molecule has 4 nitrogen and oxygen atoms in total. The van der Waals surface area contributed by atoms with Gasteiger partial charge in [0, 0.05) is 13.1 Å². The Morgan fingerprint density at radius 2 is 2.31 bits per heavy atom. The molecule has 1 aromatic rings. The molecule has 0 spiro atoms. The number of rotatable bonds is 3. The van der Waals surface area contributed by atoms with Crippen LogP contribution in [0.15, 0.2) is 18.2 Å². The Bertz CT molecular complexity index is 404. The van der Waals surface area contributed by atoms with Gasteiger partial charge in [0.1, 0.15) is 5.75 Å². The van der Waals surface area contributed by atoms with Crippen LogP contribution in [0, 0.1) is 0 Å². The van der Waals surface area contributed by atoms with E-state index in [-0.39, 0.29) is 12.5 Å². The topological polar surface area (TPSA) is 41.6 Å². The molecular formula is C12H16N2O2. The van der Waals surface area contributed by atoms with Crippen molar-refractivity contribution in [2.45, 2.75) is 13.5 Å². The zero-order chi connectivity index (χ0) is 11.5. The summed E-state index contributed by atoms with van der Waals surface area (Å²) in [5.74, 6) is 0.818. The van der Waals surface area contributed by atoms with Gasteiger partial charge in [0.05, 0.1) is 5.69 Å². The number of hydrogen-bond donors (Lipinski definition) is 1. The molecule has 4 heteroatoms. The van der Waals surface area contributed by atoms with Gasteiger partial charge in [-0.05, 0) is 31.7 Å². The number of ether oxygens (including phenoxy) is 1. The van der Waals surface area contributed by atoms with Gasteiger partial charge in [-0.2, -0.15) is 0 Å². The van der Waals surface area contributed by atoms with Gasteiger partial charge in [-0.15, -0.1) is 0 Å². The summed E-state index contributed by atoms with van der Waals surface area (Å²) >= 11 is 0. The fourth-order valence-corrected chi connectivity index (χ4v) is 1.91. The molecule has 0 saturated carbocycles. The number of amides is 1. The summed E-state index contributed by atoms with van der Waals surface area (Å²) in [6, 6.07) is 5.95. The van der Waals surface area contributed by atoms with Gasteiger partial charge in [-0.1, -0.05) is 6.07 Å². The molecule has 86 valence electrons. The van der Waals surface area contributed by atoms with E-state index in [4.69, 9.17) is 4.74 Å². The first-order valence-corrected chi connectivity index (χ1v) is 5.47. The summed E-state index contributed by atoms with van der Waals surface area (Å²) in [5.41, 5.74) is 2.03. The Morgan fingerprint density at radius 3 is 3.00 bits per heavy atom. The summed E-state index contributed by atoms with van der Waals surface area (Å²) in [7, 11) is 1.90. The van der Waals surface area contributed by atoms with Gasteiger partial charge in [-0.3, -0.25) is 4.79 Å². The van der Waals surface area contributed by atoms with E-state index in [0.29, 0.717) is 6.54 Å². The van der Waals surface area contributed by atoms with Gasteiger partial charge >= 0.3 is 0 Å². The van der Waals surface area contributed by atoms with Crippen LogP contribution in [-0.2, 0) is 11.3 Å². The summed E-state index contributed by atoms with van der Waals surface area (Å²) in [6.45, 7) is 3.58. The maximum absolute atomic E-state index is 11.6. The van der Waals surface area contributed by atoms with E-state index in [1.165, 1.54) is 0 Å². The highest BCUT2D eigenvalue weighted by atomic mass is 16.5. The number of anilines is 1. The Hall–Kier alpha value is -1.55. The number of hydrogen-bond acceptors (Lipinski definition) is 3. The second-order valence-corrected chi connectivity index (χ2v) is 3.76. The minimum atomic E-state index is 0.0246. The number of nitrogens with one attached hydrogen (secondary N) is 1. The van der Waals surface area contributed by atoms with Crippen molar-refractivity contribution in [2.24, 2.45) is 0 Å². The molecule has 1 N–H and O–H groups in total. The Morgan fingerprint density at radius 1 is 1.50 bits per heavy atom. The molecule has 1 aromatic carbocycles. The van der Waals surface area contributed by atoms with Crippen molar-refractivity contribution in [1.29, 1.82) is 0 Å². The third-order valence-electron chi connectivity index (χ3n) is 2.66. The van der Waals surface area contributed by atoms with Crippen molar-refractivity contribution >= 4 is 11.6 Å². The molecular weight excluding hydrogens is 204 g/mol. The fourth-order valence-electron chi connectivity index (χ4n) is 1.91. The van der Waals surface area contributed by atoms with E-state index in [2.05, 4.69) is 5.32 Å². The van der Waals surface area contributed by atoms with Crippen LogP contribution in [-0.4, -0.2) is 26.1 Å². The molecule has 1 amide bonds. The number of fused-ring (bicyclic) bond motifs is 1. The molecule has 16 heavy (non-hydrogen) atoms. The Kier molecular flexibility index (Phi) is 3.10. The van der Waals surface area contributed by atoms with Crippen molar-refractivity contribution in [3.63, 3.8) is 0 Å². The second-order valence-electron chi connectivity index (χ2n) is 3.76. The van der Waals surface area contributed by atoms with Crippen LogP contribution in [0.25, 0.3) is 0 Å². The normalized spacial score (nSPS) is 14.6. The maximum Gasteiger partial charge on any atom is 0.265 e.